The summed E-state index contributed by atoms with van der Waals surface area (Å²) < 4.78 is 7.65. The predicted molar refractivity (Wildman–Crippen MR) is 89.3 cm³/mol. The van der Waals surface area contributed by atoms with E-state index in [9.17, 15) is 5.26 Å². The Kier molecular flexibility index (Phi) is 5.38. The summed E-state index contributed by atoms with van der Waals surface area (Å²) in [7, 11) is 0. The third-order valence-electron chi connectivity index (χ3n) is 3.67. The molecule has 1 aromatic heterocycles. The standard InChI is InChI=1S/C18H24N4O/c1-14-9-5-6-10-16(14)23-12-8-7-11-22-17(18(2,3)4)15(13-19)20-21-22/h5-6,9-10H,7-8,11-12H2,1-4H3. The second kappa shape index (κ2) is 7.28. The third kappa shape index (κ3) is 4.32. The van der Waals surface area contributed by atoms with Gasteiger partial charge in [0.2, 0.25) is 0 Å². The molecule has 122 valence electrons. The molecule has 0 radical (unpaired) electrons. The molecule has 0 saturated carbocycles. The molecule has 2 aromatic rings. The van der Waals surface area contributed by atoms with Crippen LogP contribution in [-0.4, -0.2) is 21.6 Å². The number of aryl methyl sites for hydroxylation is 2. The van der Waals surface area contributed by atoms with Gasteiger partial charge in [-0.15, -0.1) is 5.10 Å². The van der Waals surface area contributed by atoms with Crippen molar-refractivity contribution in [2.24, 2.45) is 0 Å². The molecule has 0 N–H and O–H groups in total. The molecule has 0 aliphatic rings. The van der Waals surface area contributed by atoms with E-state index in [1.165, 1.54) is 0 Å². The maximum absolute atomic E-state index is 9.17. The zero-order valence-corrected chi connectivity index (χ0v) is 14.3. The third-order valence-corrected chi connectivity index (χ3v) is 3.67. The van der Waals surface area contributed by atoms with Crippen molar-refractivity contribution in [1.29, 1.82) is 5.26 Å². The Hall–Kier alpha value is -2.35. The number of para-hydroxylation sites is 1. The first-order valence-corrected chi connectivity index (χ1v) is 7.96. The fourth-order valence-corrected chi connectivity index (χ4v) is 2.55. The molecule has 5 nitrogen and oxygen atoms in total. The highest BCUT2D eigenvalue weighted by Gasteiger charge is 2.25. The van der Waals surface area contributed by atoms with Crippen molar-refractivity contribution in [3.8, 4) is 11.8 Å². The van der Waals surface area contributed by atoms with Crippen LogP contribution in [0.15, 0.2) is 24.3 Å². The Morgan fingerprint density at radius 3 is 2.61 bits per heavy atom. The Bertz CT molecular complexity index is 692. The van der Waals surface area contributed by atoms with E-state index in [1.807, 2.05) is 35.9 Å². The molecule has 5 heteroatoms. The lowest BCUT2D eigenvalue weighted by Crippen LogP contribution is -2.20. The van der Waals surface area contributed by atoms with Gasteiger partial charge < -0.3 is 4.74 Å². The van der Waals surface area contributed by atoms with E-state index in [4.69, 9.17) is 4.74 Å². The summed E-state index contributed by atoms with van der Waals surface area (Å²) in [6, 6.07) is 10.2. The van der Waals surface area contributed by atoms with Crippen LogP contribution in [0, 0.1) is 18.3 Å². The first kappa shape index (κ1) is 17.0. The zero-order valence-electron chi connectivity index (χ0n) is 14.3. The lowest BCUT2D eigenvalue weighted by molar-refractivity contribution is 0.298. The Labute approximate surface area is 137 Å². The molecule has 0 aliphatic carbocycles. The fourth-order valence-electron chi connectivity index (χ4n) is 2.55. The van der Waals surface area contributed by atoms with E-state index in [2.05, 4.69) is 37.2 Å². The predicted octanol–water partition coefficient (Wildman–Crippen LogP) is 3.61. The molecule has 0 spiro atoms. The van der Waals surface area contributed by atoms with Gasteiger partial charge in [-0.25, -0.2) is 4.68 Å². The average Bonchev–Trinajstić information content (AvgIpc) is 2.92. The molecule has 1 heterocycles. The Balaban J connectivity index is 1.87. The van der Waals surface area contributed by atoms with E-state index >= 15 is 0 Å². The number of unbranched alkanes of at least 4 members (excludes halogenated alkanes) is 1. The van der Waals surface area contributed by atoms with Crippen LogP contribution in [0.5, 0.6) is 5.75 Å². The quantitative estimate of drug-likeness (QED) is 0.764. The monoisotopic (exact) mass is 312 g/mol. The second-order valence-electron chi connectivity index (χ2n) is 6.69. The number of rotatable bonds is 6. The van der Waals surface area contributed by atoms with Crippen molar-refractivity contribution in [1.82, 2.24) is 15.0 Å². The fraction of sp³-hybridized carbons (Fsp3) is 0.500. The van der Waals surface area contributed by atoms with Crippen LogP contribution in [0.1, 0.15) is 50.6 Å². The molecule has 0 fully saturated rings. The van der Waals surface area contributed by atoms with Crippen LogP contribution in [0.4, 0.5) is 0 Å². The van der Waals surface area contributed by atoms with Gasteiger partial charge in [-0.1, -0.05) is 44.2 Å². The average molecular weight is 312 g/mol. The maximum atomic E-state index is 9.17. The van der Waals surface area contributed by atoms with Gasteiger partial charge in [0.05, 0.1) is 12.3 Å². The molecule has 0 saturated heterocycles. The number of ether oxygens (including phenoxy) is 1. The summed E-state index contributed by atoms with van der Waals surface area (Å²) >= 11 is 0. The highest BCUT2D eigenvalue weighted by atomic mass is 16.5. The van der Waals surface area contributed by atoms with Gasteiger partial charge in [0, 0.05) is 12.0 Å². The van der Waals surface area contributed by atoms with Gasteiger partial charge in [0.25, 0.3) is 0 Å². The van der Waals surface area contributed by atoms with Gasteiger partial charge >= 0.3 is 0 Å². The first-order valence-electron chi connectivity index (χ1n) is 7.96. The molecule has 0 aliphatic heterocycles. The van der Waals surface area contributed by atoms with E-state index in [-0.39, 0.29) is 5.41 Å². The highest BCUT2D eigenvalue weighted by molar-refractivity contribution is 5.31. The number of benzene rings is 1. The molecule has 0 amide bonds. The molecule has 0 unspecified atom stereocenters. The van der Waals surface area contributed by atoms with Crippen LogP contribution in [0.2, 0.25) is 0 Å². The van der Waals surface area contributed by atoms with Crippen LogP contribution in [0.25, 0.3) is 0 Å². The minimum atomic E-state index is -0.147. The molecule has 0 bridgehead atoms. The molecule has 2 rings (SSSR count). The van der Waals surface area contributed by atoms with Gasteiger partial charge in [-0.3, -0.25) is 0 Å². The van der Waals surface area contributed by atoms with Crippen LogP contribution in [0.3, 0.4) is 0 Å². The maximum Gasteiger partial charge on any atom is 0.186 e. The van der Waals surface area contributed by atoms with Crippen molar-refractivity contribution in [2.45, 2.75) is 52.5 Å². The van der Waals surface area contributed by atoms with Gasteiger partial charge in [0.1, 0.15) is 11.8 Å². The van der Waals surface area contributed by atoms with Crippen molar-refractivity contribution < 1.29 is 4.74 Å². The van der Waals surface area contributed by atoms with Crippen molar-refractivity contribution >= 4 is 0 Å². The first-order chi connectivity index (χ1) is 10.9. The molecular formula is C18H24N4O. The summed E-state index contributed by atoms with van der Waals surface area (Å²) in [5.74, 6) is 0.940. The molecule has 1 aromatic carbocycles. The number of nitrogens with zero attached hydrogens (tertiary/aromatic N) is 4. The van der Waals surface area contributed by atoms with Crippen LogP contribution >= 0.6 is 0 Å². The Morgan fingerprint density at radius 1 is 1.22 bits per heavy atom. The van der Waals surface area contributed by atoms with E-state index in [0.29, 0.717) is 12.3 Å². The summed E-state index contributed by atoms with van der Waals surface area (Å²) in [5.41, 5.74) is 2.33. The summed E-state index contributed by atoms with van der Waals surface area (Å²) in [4.78, 5) is 0. The highest BCUT2D eigenvalue weighted by Crippen LogP contribution is 2.24. The lowest BCUT2D eigenvalue weighted by atomic mass is 9.90. The largest absolute Gasteiger partial charge is 0.493 e. The summed E-state index contributed by atoms with van der Waals surface area (Å²) in [5, 5.41) is 17.3. The van der Waals surface area contributed by atoms with E-state index < -0.39 is 0 Å². The van der Waals surface area contributed by atoms with Gasteiger partial charge in [-0.05, 0) is 31.4 Å². The summed E-state index contributed by atoms with van der Waals surface area (Å²) in [6.07, 6.45) is 1.86. The number of hydrogen-bond donors (Lipinski definition) is 0. The van der Waals surface area contributed by atoms with Gasteiger partial charge in [-0.2, -0.15) is 5.26 Å². The molecule has 23 heavy (non-hydrogen) atoms. The molecule has 0 atom stereocenters. The topological polar surface area (TPSA) is 63.7 Å². The minimum absolute atomic E-state index is 0.147. The number of aromatic nitrogens is 3. The van der Waals surface area contributed by atoms with Crippen LogP contribution < -0.4 is 4.74 Å². The van der Waals surface area contributed by atoms with E-state index in [1.54, 1.807) is 0 Å². The summed E-state index contributed by atoms with van der Waals surface area (Å²) in [6.45, 7) is 9.69. The van der Waals surface area contributed by atoms with Crippen molar-refractivity contribution in [3.63, 3.8) is 0 Å². The van der Waals surface area contributed by atoms with Crippen molar-refractivity contribution in [2.75, 3.05) is 6.61 Å². The SMILES string of the molecule is Cc1ccccc1OCCCCn1nnc(C#N)c1C(C)(C)C. The normalized spacial score (nSPS) is 11.3. The number of nitriles is 1. The molecular weight excluding hydrogens is 288 g/mol. The Morgan fingerprint density at radius 2 is 1.96 bits per heavy atom. The lowest BCUT2D eigenvalue weighted by Gasteiger charge is -2.19. The number of hydrogen-bond acceptors (Lipinski definition) is 4. The zero-order chi connectivity index (χ0) is 16.9. The van der Waals surface area contributed by atoms with Crippen molar-refractivity contribution in [3.05, 3.63) is 41.2 Å². The smallest absolute Gasteiger partial charge is 0.186 e. The van der Waals surface area contributed by atoms with Gasteiger partial charge in [0.15, 0.2) is 5.69 Å². The second-order valence-corrected chi connectivity index (χ2v) is 6.69. The minimum Gasteiger partial charge on any atom is -0.493 e. The van der Waals surface area contributed by atoms with Crippen LogP contribution in [-0.2, 0) is 12.0 Å². The van der Waals surface area contributed by atoms with E-state index in [0.717, 1.165) is 36.4 Å².